The fourth-order valence-electron chi connectivity index (χ4n) is 0.977. The molecule has 80 valence electrons. The van der Waals surface area contributed by atoms with E-state index in [2.05, 4.69) is 20.9 Å². The Kier molecular flexibility index (Phi) is 4.41. The van der Waals surface area contributed by atoms with E-state index in [1.54, 1.807) is 12.1 Å². The van der Waals surface area contributed by atoms with Crippen molar-refractivity contribution in [2.45, 2.75) is 0 Å². The van der Waals surface area contributed by atoms with Crippen molar-refractivity contribution >= 4 is 33.8 Å². The summed E-state index contributed by atoms with van der Waals surface area (Å²) in [6.45, 7) is 0.158. The monoisotopic (exact) mass is 272 g/mol. The molecule has 0 bridgehead atoms. The number of nitrogens with zero attached hydrogens (tertiary/aromatic N) is 1. The Labute approximate surface area is 94.5 Å². The van der Waals surface area contributed by atoms with Crippen LogP contribution >= 0.6 is 15.9 Å². The van der Waals surface area contributed by atoms with Gasteiger partial charge in [-0.2, -0.15) is 0 Å². The van der Waals surface area contributed by atoms with Crippen LogP contribution < -0.4 is 5.48 Å². The van der Waals surface area contributed by atoms with Crippen LogP contribution in [0.15, 0.2) is 27.7 Å². The molecule has 1 rings (SSSR count). The largest absolute Gasteiger partial charge is 0.478 e. The molecule has 0 aliphatic carbocycles. The normalized spacial score (nSPS) is 10.8. The van der Waals surface area contributed by atoms with Crippen molar-refractivity contribution in [2.75, 3.05) is 6.54 Å². The molecule has 0 aromatic heterocycles. The summed E-state index contributed by atoms with van der Waals surface area (Å²) in [5.74, 6) is -1.04. The summed E-state index contributed by atoms with van der Waals surface area (Å²) >= 11 is 3.22. The quantitative estimate of drug-likeness (QED) is 0.577. The van der Waals surface area contributed by atoms with Crippen molar-refractivity contribution in [3.05, 3.63) is 28.2 Å². The Hall–Kier alpha value is -1.24. The fraction of sp³-hybridized carbons (Fsp3) is 0.111. The first-order valence-corrected chi connectivity index (χ1v) is 4.86. The average molecular weight is 273 g/mol. The van der Waals surface area contributed by atoms with Gasteiger partial charge in [0.25, 0.3) is 0 Å². The number of hydrogen-bond acceptors (Lipinski definition) is 4. The zero-order chi connectivity index (χ0) is 11.3. The molecule has 0 radical (unpaired) electrons. The van der Waals surface area contributed by atoms with E-state index in [0.29, 0.717) is 5.69 Å². The van der Waals surface area contributed by atoms with Gasteiger partial charge in [0.05, 0.1) is 17.8 Å². The Morgan fingerprint density at radius 3 is 2.93 bits per heavy atom. The molecule has 0 heterocycles. The van der Waals surface area contributed by atoms with E-state index in [1.807, 2.05) is 5.48 Å². The fourth-order valence-corrected chi connectivity index (χ4v) is 1.33. The van der Waals surface area contributed by atoms with Gasteiger partial charge in [0, 0.05) is 10.7 Å². The molecule has 0 saturated heterocycles. The van der Waals surface area contributed by atoms with Crippen molar-refractivity contribution in [1.29, 1.82) is 0 Å². The number of carboxylic acids is 1. The van der Waals surface area contributed by atoms with E-state index in [9.17, 15) is 4.79 Å². The minimum atomic E-state index is -1.04. The van der Waals surface area contributed by atoms with E-state index >= 15 is 0 Å². The minimum absolute atomic E-state index is 0.118. The number of aromatic carboxylic acids is 1. The van der Waals surface area contributed by atoms with Crippen LogP contribution in [-0.4, -0.2) is 29.0 Å². The number of carbonyl (C=O) groups is 1. The van der Waals surface area contributed by atoms with Crippen LogP contribution in [0.25, 0.3) is 0 Å². The summed E-state index contributed by atoms with van der Waals surface area (Å²) in [5.41, 5.74) is 2.35. The maximum absolute atomic E-state index is 10.8. The smallest absolute Gasteiger partial charge is 0.337 e. The van der Waals surface area contributed by atoms with Gasteiger partial charge in [-0.3, -0.25) is 4.99 Å². The molecule has 6 heteroatoms. The summed E-state index contributed by atoms with van der Waals surface area (Å²) < 4.78 is 0.747. The first-order valence-electron chi connectivity index (χ1n) is 4.07. The first-order chi connectivity index (χ1) is 7.15. The molecule has 1 aromatic carbocycles. The molecule has 15 heavy (non-hydrogen) atoms. The maximum atomic E-state index is 10.8. The van der Waals surface area contributed by atoms with Crippen LogP contribution in [-0.2, 0) is 0 Å². The average Bonchev–Trinajstić information content (AvgIpc) is 2.18. The van der Waals surface area contributed by atoms with Crippen LogP contribution in [0.1, 0.15) is 10.4 Å². The lowest BCUT2D eigenvalue weighted by atomic mass is 10.2. The summed E-state index contributed by atoms with van der Waals surface area (Å²) in [6.07, 6.45) is 1.38. The minimum Gasteiger partial charge on any atom is -0.478 e. The number of halogens is 1. The standard InChI is InChI=1S/C9H9BrN2O3/c10-6-1-2-7(9(13)14)8(5-6)11-3-4-12-15/h1-3,5,12,15H,4H2,(H,13,14). The van der Waals surface area contributed by atoms with Gasteiger partial charge in [0.15, 0.2) is 0 Å². The third-order valence-electron chi connectivity index (χ3n) is 1.60. The Morgan fingerprint density at radius 2 is 2.33 bits per heavy atom. The van der Waals surface area contributed by atoms with Gasteiger partial charge >= 0.3 is 5.97 Å². The zero-order valence-corrected chi connectivity index (χ0v) is 9.23. The molecule has 0 saturated carbocycles. The SMILES string of the molecule is O=C(O)c1ccc(Br)cc1N=CCNO. The number of hydroxylamine groups is 1. The summed E-state index contributed by atoms with van der Waals surface area (Å²) in [6, 6.07) is 4.69. The molecule has 3 N–H and O–H groups in total. The van der Waals surface area contributed by atoms with E-state index in [4.69, 9.17) is 10.3 Å². The molecule has 0 spiro atoms. The van der Waals surface area contributed by atoms with Crippen LogP contribution in [0.5, 0.6) is 0 Å². The molecule has 0 aliphatic heterocycles. The first kappa shape index (κ1) is 11.8. The van der Waals surface area contributed by atoms with Crippen molar-refractivity contribution in [3.8, 4) is 0 Å². The van der Waals surface area contributed by atoms with E-state index in [0.717, 1.165) is 4.47 Å². The molecule has 0 fully saturated rings. The second-order valence-electron chi connectivity index (χ2n) is 2.64. The van der Waals surface area contributed by atoms with Crippen LogP contribution in [0.4, 0.5) is 5.69 Å². The molecular weight excluding hydrogens is 264 g/mol. The molecule has 1 aromatic rings. The van der Waals surface area contributed by atoms with Crippen molar-refractivity contribution in [2.24, 2.45) is 4.99 Å². The van der Waals surface area contributed by atoms with Gasteiger partial charge in [0.2, 0.25) is 0 Å². The number of aliphatic imine (C=N–C) groups is 1. The molecule has 0 unspecified atom stereocenters. The molecule has 0 amide bonds. The summed E-state index contributed by atoms with van der Waals surface area (Å²) in [5, 5.41) is 17.2. The Morgan fingerprint density at radius 1 is 1.60 bits per heavy atom. The van der Waals surface area contributed by atoms with Crippen molar-refractivity contribution in [3.63, 3.8) is 0 Å². The van der Waals surface area contributed by atoms with Crippen molar-refractivity contribution in [1.82, 2.24) is 5.48 Å². The predicted molar refractivity (Wildman–Crippen MR) is 59.0 cm³/mol. The number of carboxylic acid groups (broad SMARTS) is 1. The topological polar surface area (TPSA) is 81.9 Å². The lowest BCUT2D eigenvalue weighted by Gasteiger charge is -2.00. The number of hydrogen-bond donors (Lipinski definition) is 3. The third-order valence-corrected chi connectivity index (χ3v) is 2.10. The second-order valence-corrected chi connectivity index (χ2v) is 3.56. The van der Waals surface area contributed by atoms with E-state index in [1.165, 1.54) is 12.3 Å². The van der Waals surface area contributed by atoms with Gasteiger partial charge in [-0.05, 0) is 18.2 Å². The van der Waals surface area contributed by atoms with Gasteiger partial charge in [-0.15, -0.1) is 0 Å². The second kappa shape index (κ2) is 5.59. The van der Waals surface area contributed by atoms with Crippen LogP contribution in [0, 0.1) is 0 Å². The van der Waals surface area contributed by atoms with Crippen LogP contribution in [0.2, 0.25) is 0 Å². The molecule has 5 nitrogen and oxygen atoms in total. The highest BCUT2D eigenvalue weighted by molar-refractivity contribution is 9.10. The van der Waals surface area contributed by atoms with Gasteiger partial charge in [-0.25, -0.2) is 10.3 Å². The highest BCUT2D eigenvalue weighted by Gasteiger charge is 2.08. The third kappa shape index (κ3) is 3.43. The Balaban J connectivity index is 3.02. The number of benzene rings is 1. The number of rotatable bonds is 4. The maximum Gasteiger partial charge on any atom is 0.337 e. The molecular formula is C9H9BrN2O3. The predicted octanol–water partition coefficient (Wildman–Crippen LogP) is 1.83. The summed E-state index contributed by atoms with van der Waals surface area (Å²) in [4.78, 5) is 14.7. The van der Waals surface area contributed by atoms with Gasteiger partial charge < -0.3 is 10.3 Å². The van der Waals surface area contributed by atoms with E-state index < -0.39 is 5.97 Å². The van der Waals surface area contributed by atoms with Gasteiger partial charge in [0.1, 0.15) is 0 Å². The lowest BCUT2D eigenvalue weighted by molar-refractivity contribution is 0.0698. The highest BCUT2D eigenvalue weighted by Crippen LogP contribution is 2.23. The van der Waals surface area contributed by atoms with Gasteiger partial charge in [-0.1, -0.05) is 15.9 Å². The highest BCUT2D eigenvalue weighted by atomic mass is 79.9. The Bertz CT molecular complexity index is 393. The van der Waals surface area contributed by atoms with Crippen LogP contribution in [0.3, 0.4) is 0 Å². The molecule has 0 atom stereocenters. The molecule has 0 aliphatic rings. The zero-order valence-electron chi connectivity index (χ0n) is 7.64. The van der Waals surface area contributed by atoms with Crippen molar-refractivity contribution < 1.29 is 15.1 Å². The lowest BCUT2D eigenvalue weighted by Crippen LogP contribution is -2.09. The summed E-state index contributed by atoms with van der Waals surface area (Å²) in [7, 11) is 0. The number of nitrogens with one attached hydrogen (secondary N) is 1. The van der Waals surface area contributed by atoms with E-state index in [-0.39, 0.29) is 12.1 Å².